The van der Waals surface area contributed by atoms with E-state index in [9.17, 15) is 0 Å². The van der Waals surface area contributed by atoms with E-state index in [2.05, 4.69) is 20.9 Å². The largest absolute Gasteiger partial charge is 0.436 e. The van der Waals surface area contributed by atoms with E-state index in [1.807, 2.05) is 40.2 Å². The second-order valence-corrected chi connectivity index (χ2v) is 5.58. The summed E-state index contributed by atoms with van der Waals surface area (Å²) in [4.78, 5) is 5.32. The molecule has 6 heteroatoms. The van der Waals surface area contributed by atoms with Crippen molar-refractivity contribution >= 4 is 43.8 Å². The van der Waals surface area contributed by atoms with Gasteiger partial charge in [0.05, 0.1) is 10.4 Å². The van der Waals surface area contributed by atoms with Crippen LogP contribution in [0.25, 0.3) is 4.96 Å². The number of rotatable bonds is 3. The molecule has 0 unspecified atom stereocenters. The van der Waals surface area contributed by atoms with Crippen molar-refractivity contribution in [1.82, 2.24) is 9.38 Å². The van der Waals surface area contributed by atoms with E-state index in [4.69, 9.17) is 16.3 Å². The molecule has 2 aromatic heterocycles. The third-order valence-corrected chi connectivity index (χ3v) is 4.16. The van der Waals surface area contributed by atoms with Crippen molar-refractivity contribution in [1.29, 1.82) is 0 Å². The maximum absolute atomic E-state index is 5.97. The van der Waals surface area contributed by atoms with Crippen molar-refractivity contribution in [2.45, 2.75) is 5.88 Å². The molecule has 3 aromatic rings. The quantitative estimate of drug-likeness (QED) is 0.645. The monoisotopic (exact) mass is 342 g/mol. The molecule has 0 spiro atoms. The van der Waals surface area contributed by atoms with Crippen molar-refractivity contribution in [3.63, 3.8) is 0 Å². The van der Waals surface area contributed by atoms with Crippen LogP contribution in [-0.2, 0) is 5.88 Å². The van der Waals surface area contributed by atoms with Crippen LogP contribution in [0.3, 0.4) is 0 Å². The summed E-state index contributed by atoms with van der Waals surface area (Å²) in [5.74, 6) is 1.65. The Morgan fingerprint density at radius 1 is 1.39 bits per heavy atom. The van der Waals surface area contributed by atoms with Crippen LogP contribution in [0, 0.1) is 0 Å². The SMILES string of the molecule is ClCc1c(Oc2ccccc2Br)nc2sccn12. The van der Waals surface area contributed by atoms with E-state index in [1.165, 1.54) is 0 Å². The van der Waals surface area contributed by atoms with E-state index in [0.29, 0.717) is 11.8 Å². The van der Waals surface area contributed by atoms with Gasteiger partial charge in [-0.25, -0.2) is 0 Å². The highest BCUT2D eigenvalue weighted by molar-refractivity contribution is 9.10. The summed E-state index contributed by atoms with van der Waals surface area (Å²) in [5.41, 5.74) is 0.865. The average Bonchev–Trinajstić information content (AvgIpc) is 2.92. The maximum Gasteiger partial charge on any atom is 0.243 e. The highest BCUT2D eigenvalue weighted by atomic mass is 79.9. The first-order valence-corrected chi connectivity index (χ1v) is 7.43. The smallest absolute Gasteiger partial charge is 0.243 e. The third kappa shape index (κ3) is 2.02. The van der Waals surface area contributed by atoms with Gasteiger partial charge in [-0.1, -0.05) is 12.1 Å². The number of fused-ring (bicyclic) bond motifs is 1. The summed E-state index contributed by atoms with van der Waals surface area (Å²) in [5, 5.41) is 1.97. The van der Waals surface area contributed by atoms with Gasteiger partial charge in [0.25, 0.3) is 0 Å². The molecule has 2 heterocycles. The summed E-state index contributed by atoms with van der Waals surface area (Å²) in [6.45, 7) is 0. The minimum absolute atomic E-state index is 0.359. The summed E-state index contributed by atoms with van der Waals surface area (Å²) in [6, 6.07) is 7.66. The number of hydrogen-bond donors (Lipinski definition) is 0. The zero-order valence-corrected chi connectivity index (χ0v) is 12.3. The molecule has 0 radical (unpaired) electrons. The molecule has 0 saturated heterocycles. The van der Waals surface area contributed by atoms with Crippen LogP contribution in [-0.4, -0.2) is 9.38 Å². The standard InChI is InChI=1S/C12H8BrClN2OS/c13-8-3-1-2-4-10(8)17-11-9(7-14)16-5-6-18-12(16)15-11/h1-6H,7H2. The van der Waals surface area contributed by atoms with Gasteiger partial charge in [-0.05, 0) is 28.1 Å². The van der Waals surface area contributed by atoms with Crippen LogP contribution >= 0.6 is 38.9 Å². The number of alkyl halides is 1. The van der Waals surface area contributed by atoms with E-state index in [-0.39, 0.29) is 0 Å². The van der Waals surface area contributed by atoms with E-state index in [0.717, 1.165) is 20.9 Å². The first kappa shape index (κ1) is 12.0. The fraction of sp³-hybridized carbons (Fsp3) is 0.0833. The van der Waals surface area contributed by atoms with Gasteiger partial charge in [0, 0.05) is 11.6 Å². The molecule has 0 aliphatic heterocycles. The molecule has 0 saturated carbocycles. The zero-order chi connectivity index (χ0) is 12.5. The lowest BCUT2D eigenvalue weighted by Gasteiger charge is -2.05. The predicted octanol–water partition coefficient (Wildman–Crippen LogP) is 4.69. The number of halogens is 2. The van der Waals surface area contributed by atoms with Gasteiger partial charge >= 0.3 is 0 Å². The molecular formula is C12H8BrClN2OS. The Morgan fingerprint density at radius 3 is 3.00 bits per heavy atom. The Hall–Kier alpha value is -1.04. The van der Waals surface area contributed by atoms with Crippen molar-refractivity contribution in [2.24, 2.45) is 0 Å². The van der Waals surface area contributed by atoms with Crippen LogP contribution in [0.5, 0.6) is 11.6 Å². The second-order valence-electron chi connectivity index (χ2n) is 3.59. The molecule has 92 valence electrons. The Labute approximate surface area is 121 Å². The summed E-state index contributed by atoms with van der Waals surface area (Å²) >= 11 is 11.0. The van der Waals surface area contributed by atoms with Crippen LogP contribution < -0.4 is 4.74 Å². The molecule has 0 amide bonds. The lowest BCUT2D eigenvalue weighted by Crippen LogP contribution is -1.91. The highest BCUT2D eigenvalue weighted by Crippen LogP contribution is 2.32. The molecule has 3 nitrogen and oxygen atoms in total. The van der Waals surface area contributed by atoms with Crippen LogP contribution in [0.4, 0.5) is 0 Å². The molecule has 0 aliphatic rings. The third-order valence-electron chi connectivity index (χ3n) is 2.49. The first-order valence-electron chi connectivity index (χ1n) is 5.22. The second kappa shape index (κ2) is 4.91. The number of imidazole rings is 1. The lowest BCUT2D eigenvalue weighted by atomic mass is 10.3. The number of nitrogens with zero attached hydrogens (tertiary/aromatic N) is 2. The normalized spacial score (nSPS) is 11.0. The Balaban J connectivity index is 2.04. The van der Waals surface area contributed by atoms with Crippen molar-refractivity contribution in [3.8, 4) is 11.6 Å². The number of hydrogen-bond acceptors (Lipinski definition) is 3. The molecule has 0 atom stereocenters. The molecule has 0 fully saturated rings. The fourth-order valence-electron chi connectivity index (χ4n) is 1.65. The molecule has 1 aromatic carbocycles. The van der Waals surface area contributed by atoms with Gasteiger partial charge in [-0.2, -0.15) is 4.98 Å². The van der Waals surface area contributed by atoms with E-state index >= 15 is 0 Å². The molecule has 3 rings (SSSR count). The minimum Gasteiger partial charge on any atom is -0.436 e. The Bertz CT molecular complexity index is 694. The Kier molecular flexibility index (Phi) is 3.28. The molecule has 0 aliphatic carbocycles. The number of ether oxygens (including phenoxy) is 1. The number of thiazole rings is 1. The van der Waals surface area contributed by atoms with Crippen molar-refractivity contribution < 1.29 is 4.74 Å². The van der Waals surface area contributed by atoms with Gasteiger partial charge in [0.15, 0.2) is 4.96 Å². The Morgan fingerprint density at radius 2 is 2.22 bits per heavy atom. The van der Waals surface area contributed by atoms with Gasteiger partial charge in [0.1, 0.15) is 11.4 Å². The van der Waals surface area contributed by atoms with E-state index < -0.39 is 0 Å². The van der Waals surface area contributed by atoms with Crippen molar-refractivity contribution in [3.05, 3.63) is 46.0 Å². The van der Waals surface area contributed by atoms with Crippen LogP contribution in [0.1, 0.15) is 5.69 Å². The molecule has 0 bridgehead atoms. The summed E-state index contributed by atoms with van der Waals surface area (Å²) in [7, 11) is 0. The topological polar surface area (TPSA) is 26.5 Å². The van der Waals surface area contributed by atoms with Gasteiger partial charge < -0.3 is 4.74 Å². The molecular weight excluding hydrogens is 336 g/mol. The van der Waals surface area contributed by atoms with Crippen LogP contribution in [0.2, 0.25) is 0 Å². The first-order chi connectivity index (χ1) is 8.79. The predicted molar refractivity (Wildman–Crippen MR) is 76.8 cm³/mol. The van der Waals surface area contributed by atoms with Gasteiger partial charge in [-0.15, -0.1) is 22.9 Å². The molecule has 0 N–H and O–H groups in total. The molecule has 18 heavy (non-hydrogen) atoms. The van der Waals surface area contributed by atoms with Crippen molar-refractivity contribution in [2.75, 3.05) is 0 Å². The van der Waals surface area contributed by atoms with E-state index in [1.54, 1.807) is 11.3 Å². The minimum atomic E-state index is 0.359. The van der Waals surface area contributed by atoms with Gasteiger partial charge in [-0.3, -0.25) is 4.40 Å². The number of benzene rings is 1. The number of aromatic nitrogens is 2. The highest BCUT2D eigenvalue weighted by Gasteiger charge is 2.15. The van der Waals surface area contributed by atoms with Crippen LogP contribution in [0.15, 0.2) is 40.3 Å². The summed E-state index contributed by atoms with van der Waals surface area (Å²) in [6.07, 6.45) is 1.94. The fourth-order valence-corrected chi connectivity index (χ4v) is 2.98. The van der Waals surface area contributed by atoms with Gasteiger partial charge in [0.2, 0.25) is 5.88 Å². The summed E-state index contributed by atoms with van der Waals surface area (Å²) < 4.78 is 8.66. The lowest BCUT2D eigenvalue weighted by molar-refractivity contribution is 0.459. The average molecular weight is 344 g/mol. The zero-order valence-electron chi connectivity index (χ0n) is 9.14. The maximum atomic E-state index is 5.97. The number of para-hydroxylation sites is 1.